The van der Waals surface area contributed by atoms with Gasteiger partial charge in [0.1, 0.15) is 22.9 Å². The second-order valence-corrected chi connectivity index (χ2v) is 8.70. The molecule has 0 radical (unpaired) electrons. The number of fused-ring (bicyclic) bond motifs is 2. The molecule has 0 bridgehead atoms. The summed E-state index contributed by atoms with van der Waals surface area (Å²) in [4.78, 5) is 25.4. The Morgan fingerprint density at radius 1 is 1.08 bits per heavy atom. The summed E-state index contributed by atoms with van der Waals surface area (Å²) in [6.45, 7) is 1.96. The van der Waals surface area contributed by atoms with Crippen LogP contribution in [-0.4, -0.2) is 31.5 Å². The van der Waals surface area contributed by atoms with Crippen LogP contribution in [0.25, 0.3) is 28.1 Å². The van der Waals surface area contributed by atoms with E-state index in [-0.39, 0.29) is 11.5 Å². The quantitative estimate of drug-likeness (QED) is 0.243. The van der Waals surface area contributed by atoms with Crippen molar-refractivity contribution in [2.75, 3.05) is 0 Å². The number of nitrogens with one attached hydrogen (secondary N) is 1. The summed E-state index contributed by atoms with van der Waals surface area (Å²) in [6.07, 6.45) is -1.60. The third-order valence-electron chi connectivity index (χ3n) is 5.80. The van der Waals surface area contributed by atoms with Crippen molar-refractivity contribution in [3.8, 4) is 17.1 Å². The number of aromatic amines is 1. The second kappa shape index (κ2) is 9.31. The number of carbonyl (C=O) groups is 1. The van der Waals surface area contributed by atoms with Crippen molar-refractivity contribution in [1.29, 1.82) is 0 Å². The highest BCUT2D eigenvalue weighted by atomic mass is 35.5. The molecule has 36 heavy (non-hydrogen) atoms. The number of H-pyrrole nitrogens is 1. The van der Waals surface area contributed by atoms with E-state index in [4.69, 9.17) is 11.6 Å². The van der Waals surface area contributed by atoms with Crippen LogP contribution in [0.5, 0.6) is 5.75 Å². The van der Waals surface area contributed by atoms with Gasteiger partial charge in [0.15, 0.2) is 5.78 Å². The number of benzene rings is 2. The van der Waals surface area contributed by atoms with Crippen molar-refractivity contribution in [3.63, 3.8) is 0 Å². The zero-order chi connectivity index (χ0) is 25.4. The van der Waals surface area contributed by atoms with Crippen molar-refractivity contribution < 1.29 is 22.7 Å². The number of ether oxygens (including phenoxy) is 1. The van der Waals surface area contributed by atoms with E-state index < -0.39 is 6.36 Å². The van der Waals surface area contributed by atoms with E-state index in [1.807, 2.05) is 25.1 Å². The summed E-state index contributed by atoms with van der Waals surface area (Å²) >= 11 is 6.13. The predicted octanol–water partition coefficient (Wildman–Crippen LogP) is 6.81. The number of nitrogens with zero attached hydrogens (tertiary/aromatic N) is 3. The molecule has 2 aromatic carbocycles. The first-order chi connectivity index (χ1) is 17.2. The van der Waals surface area contributed by atoms with Crippen LogP contribution >= 0.6 is 11.6 Å². The predicted molar refractivity (Wildman–Crippen MR) is 130 cm³/mol. The van der Waals surface area contributed by atoms with Crippen molar-refractivity contribution >= 4 is 34.1 Å². The minimum Gasteiger partial charge on any atom is -0.406 e. The molecular weight excluding hydrogens is 493 g/mol. The van der Waals surface area contributed by atoms with Gasteiger partial charge in [-0.25, -0.2) is 9.97 Å². The molecule has 0 aliphatic heterocycles. The SMILES string of the molecule is CCc1nc2ccc(Cl)cn2c1C(=O)CCc1ccc2nc(-c3ccc(OC(F)(F)F)cc3)[nH]c2c1. The average molecular weight is 513 g/mol. The molecule has 5 aromatic rings. The molecule has 0 amide bonds. The number of ketones is 1. The summed E-state index contributed by atoms with van der Waals surface area (Å²) in [5.41, 5.74) is 5.02. The van der Waals surface area contributed by atoms with Gasteiger partial charge in [0, 0.05) is 18.2 Å². The molecule has 0 atom stereocenters. The number of alkyl halides is 3. The van der Waals surface area contributed by atoms with E-state index >= 15 is 0 Å². The minimum absolute atomic E-state index is 0.0202. The Bertz CT molecular complexity index is 1570. The van der Waals surface area contributed by atoms with Gasteiger partial charge in [-0.15, -0.1) is 13.2 Å². The average Bonchev–Trinajstić information content (AvgIpc) is 3.42. The lowest BCUT2D eigenvalue weighted by atomic mass is 10.0. The monoisotopic (exact) mass is 512 g/mol. The molecule has 0 unspecified atom stereocenters. The van der Waals surface area contributed by atoms with Crippen LogP contribution < -0.4 is 4.74 Å². The first kappa shape index (κ1) is 23.9. The smallest absolute Gasteiger partial charge is 0.406 e. The van der Waals surface area contributed by atoms with Gasteiger partial charge in [0.05, 0.1) is 21.7 Å². The largest absolute Gasteiger partial charge is 0.573 e. The molecule has 0 saturated carbocycles. The molecule has 0 aliphatic carbocycles. The maximum atomic E-state index is 13.1. The Hall–Kier alpha value is -3.85. The van der Waals surface area contributed by atoms with Gasteiger partial charge < -0.3 is 9.72 Å². The Kier molecular flexibility index (Phi) is 6.17. The highest BCUT2D eigenvalue weighted by Gasteiger charge is 2.31. The van der Waals surface area contributed by atoms with Crippen LogP contribution in [0.1, 0.15) is 35.1 Å². The zero-order valence-electron chi connectivity index (χ0n) is 19.1. The van der Waals surface area contributed by atoms with E-state index in [9.17, 15) is 18.0 Å². The molecule has 10 heteroatoms. The Morgan fingerprint density at radius 2 is 1.86 bits per heavy atom. The lowest BCUT2D eigenvalue weighted by Crippen LogP contribution is -2.16. The second-order valence-electron chi connectivity index (χ2n) is 8.27. The molecule has 3 aromatic heterocycles. The first-order valence-electron chi connectivity index (χ1n) is 11.2. The van der Waals surface area contributed by atoms with Crippen LogP contribution in [0.15, 0.2) is 60.8 Å². The molecule has 6 nitrogen and oxygen atoms in total. The highest BCUT2D eigenvalue weighted by Crippen LogP contribution is 2.27. The Labute approximate surface area is 208 Å². The Balaban J connectivity index is 1.33. The lowest BCUT2D eigenvalue weighted by Gasteiger charge is -2.08. The number of rotatable bonds is 7. The number of hydrogen-bond acceptors (Lipinski definition) is 4. The molecule has 184 valence electrons. The fourth-order valence-corrected chi connectivity index (χ4v) is 4.31. The van der Waals surface area contributed by atoms with Crippen LogP contribution in [-0.2, 0) is 12.8 Å². The zero-order valence-corrected chi connectivity index (χ0v) is 19.8. The normalized spacial score (nSPS) is 11.9. The number of aryl methyl sites for hydroxylation is 2. The molecule has 0 fully saturated rings. The summed E-state index contributed by atoms with van der Waals surface area (Å²) in [6, 6.07) is 14.7. The summed E-state index contributed by atoms with van der Waals surface area (Å²) in [5, 5.41) is 0.527. The molecule has 0 aliphatic rings. The van der Waals surface area contributed by atoms with Gasteiger partial charge in [-0.3, -0.25) is 9.20 Å². The molecule has 5 rings (SSSR count). The molecule has 0 spiro atoms. The minimum atomic E-state index is -4.74. The summed E-state index contributed by atoms with van der Waals surface area (Å²) in [5.74, 6) is 0.203. The lowest BCUT2D eigenvalue weighted by molar-refractivity contribution is -0.274. The number of pyridine rings is 1. The van der Waals surface area contributed by atoms with Crippen molar-refractivity contribution in [2.45, 2.75) is 32.5 Å². The molecule has 3 heterocycles. The molecule has 0 saturated heterocycles. The first-order valence-corrected chi connectivity index (χ1v) is 11.6. The van der Waals surface area contributed by atoms with Crippen molar-refractivity contribution in [1.82, 2.24) is 19.4 Å². The number of carbonyl (C=O) groups excluding carboxylic acids is 1. The molecular formula is C26H20ClF3N4O2. The summed E-state index contributed by atoms with van der Waals surface area (Å²) in [7, 11) is 0. The topological polar surface area (TPSA) is 72.3 Å². The van der Waals surface area contributed by atoms with Crippen LogP contribution in [0.4, 0.5) is 13.2 Å². The van der Waals surface area contributed by atoms with Gasteiger partial charge >= 0.3 is 6.36 Å². The van der Waals surface area contributed by atoms with Crippen molar-refractivity contribution in [3.05, 3.63) is 82.8 Å². The highest BCUT2D eigenvalue weighted by molar-refractivity contribution is 6.30. The number of hydrogen-bond donors (Lipinski definition) is 1. The van der Waals surface area contributed by atoms with Gasteiger partial charge in [-0.05, 0) is 66.9 Å². The number of halogens is 4. The fourth-order valence-electron chi connectivity index (χ4n) is 4.15. The van der Waals surface area contributed by atoms with E-state index in [0.717, 1.165) is 16.8 Å². The standard InChI is InChI=1S/C26H20ClF3N4O2/c1-2-19-24(34-14-17(27)7-12-23(34)31-19)22(35)11-4-15-3-10-20-21(13-15)33-25(32-20)16-5-8-18(9-6-16)36-26(28,29)30/h3,5-10,12-14H,2,4,11H2,1H3,(H,32,33). The van der Waals surface area contributed by atoms with Crippen LogP contribution in [0.3, 0.4) is 0 Å². The van der Waals surface area contributed by atoms with Gasteiger partial charge in [0.2, 0.25) is 0 Å². The van der Waals surface area contributed by atoms with E-state index in [1.54, 1.807) is 22.7 Å². The van der Waals surface area contributed by atoms with E-state index in [0.29, 0.717) is 52.5 Å². The van der Waals surface area contributed by atoms with E-state index in [2.05, 4.69) is 19.7 Å². The third kappa shape index (κ3) is 4.92. The summed E-state index contributed by atoms with van der Waals surface area (Å²) < 4.78 is 42.8. The number of Topliss-reactive ketones (excluding diaryl/α,β-unsaturated/α-hetero) is 1. The van der Waals surface area contributed by atoms with E-state index in [1.165, 1.54) is 24.3 Å². The van der Waals surface area contributed by atoms with Crippen molar-refractivity contribution in [2.24, 2.45) is 0 Å². The maximum Gasteiger partial charge on any atom is 0.573 e. The number of aromatic nitrogens is 4. The number of imidazole rings is 2. The van der Waals surface area contributed by atoms with Crippen LogP contribution in [0, 0.1) is 0 Å². The fraction of sp³-hybridized carbons (Fsp3) is 0.192. The van der Waals surface area contributed by atoms with Gasteiger partial charge in [-0.2, -0.15) is 0 Å². The maximum absolute atomic E-state index is 13.1. The molecule has 1 N–H and O–H groups in total. The van der Waals surface area contributed by atoms with Crippen LogP contribution in [0.2, 0.25) is 5.02 Å². The van der Waals surface area contributed by atoms with Gasteiger partial charge in [0.25, 0.3) is 0 Å². The van der Waals surface area contributed by atoms with Gasteiger partial charge in [-0.1, -0.05) is 24.6 Å². The third-order valence-corrected chi connectivity index (χ3v) is 6.03. The Morgan fingerprint density at radius 3 is 2.58 bits per heavy atom.